The summed E-state index contributed by atoms with van der Waals surface area (Å²) in [6.45, 7) is 0. The first-order chi connectivity index (χ1) is 5.92. The van der Waals surface area contributed by atoms with Gasteiger partial charge in [-0.1, -0.05) is 61.6 Å². The van der Waals surface area contributed by atoms with E-state index in [2.05, 4.69) is 47.0 Å². The highest BCUT2D eigenvalue weighted by Gasteiger charge is 1.94. The molecule has 2 aromatic carbocycles. The Morgan fingerprint density at radius 1 is 0.917 bits per heavy atom. The van der Waals surface area contributed by atoms with Crippen molar-refractivity contribution in [2.45, 2.75) is 0 Å². The van der Waals surface area contributed by atoms with Crippen LogP contribution in [0.3, 0.4) is 0 Å². The van der Waals surface area contributed by atoms with E-state index in [1.165, 1.54) is 14.3 Å². The molecule has 0 saturated heterocycles. The van der Waals surface area contributed by atoms with Gasteiger partial charge in [0.15, 0.2) is 0 Å². The van der Waals surface area contributed by atoms with Crippen LogP contribution in [0.25, 0.3) is 10.8 Å². The third-order valence-corrected chi connectivity index (χ3v) is 3.64. The molecule has 1 heteroatoms. The van der Waals surface area contributed by atoms with Crippen molar-refractivity contribution in [2.24, 2.45) is 0 Å². The number of benzene rings is 2. The molecule has 0 atom stereocenters. The van der Waals surface area contributed by atoms with Gasteiger partial charge < -0.3 is 0 Å². The summed E-state index contributed by atoms with van der Waals surface area (Å²) in [6.07, 6.45) is 0. The molecule has 0 aliphatic heterocycles. The first-order valence-electron chi connectivity index (χ1n) is 3.78. The van der Waals surface area contributed by atoms with Gasteiger partial charge in [0.1, 0.15) is 0 Å². The minimum atomic E-state index is -0.0428. The topological polar surface area (TPSA) is 0 Å². The molecule has 0 amide bonds. The third kappa shape index (κ3) is 1.29. The number of fused-ring (bicyclic) bond motifs is 1. The van der Waals surface area contributed by atoms with Crippen molar-refractivity contribution in [1.29, 1.82) is 0 Å². The molecule has 0 radical (unpaired) electrons. The number of rotatable bonds is 1. The van der Waals surface area contributed by atoms with E-state index in [1.807, 2.05) is 0 Å². The first-order valence-corrected chi connectivity index (χ1v) is 6.38. The Balaban J connectivity index is 2.88. The number of halogens is 1. The Labute approximate surface area is 82.0 Å². The minimum absolute atomic E-state index is 0.0428. The second-order valence-corrected chi connectivity index (χ2v) is 4.52. The van der Waals surface area contributed by atoms with Crippen LogP contribution in [-0.2, 0) is 0 Å². The summed E-state index contributed by atoms with van der Waals surface area (Å²) in [5.41, 5.74) is 0. The van der Waals surface area contributed by atoms with Crippen LogP contribution < -0.4 is 0 Å². The summed E-state index contributed by atoms with van der Waals surface area (Å²) in [4.78, 5) is 0. The predicted molar refractivity (Wildman–Crippen MR) is 63.8 cm³/mol. The van der Waals surface area contributed by atoms with Gasteiger partial charge in [-0.3, -0.25) is 0 Å². The Morgan fingerprint density at radius 2 is 1.67 bits per heavy atom. The Bertz CT molecular complexity index is 413. The van der Waals surface area contributed by atoms with Crippen LogP contribution in [0.1, 0.15) is 0 Å². The molecule has 0 aliphatic rings. The van der Waals surface area contributed by atoms with Crippen LogP contribution in [0.2, 0.25) is 0 Å². The average molecular weight is 268 g/mol. The second-order valence-electron chi connectivity index (χ2n) is 2.59. The first kappa shape index (κ1) is 7.92. The molecule has 0 unspecified atom stereocenters. The highest BCUT2D eigenvalue weighted by molar-refractivity contribution is 14.2. The monoisotopic (exact) mass is 268 g/mol. The van der Waals surface area contributed by atoms with E-state index in [-0.39, 0.29) is 20.7 Å². The van der Waals surface area contributed by atoms with Gasteiger partial charge in [-0.2, -0.15) is 0 Å². The molecule has 0 bridgehead atoms. The van der Waals surface area contributed by atoms with Crippen molar-refractivity contribution < 1.29 is 0 Å². The molecule has 0 aromatic heterocycles. The maximum Gasteiger partial charge on any atom is 0.0150 e. The lowest BCUT2D eigenvalue weighted by atomic mass is 10.1. The molecular formula is C11H9I. The Hall–Kier alpha value is -0.700. The standard InChI is InChI=1S/C11H9I/c1-12-11-8-4-6-9-5-2-3-7-10(9)11/h2-8H,1H2. The maximum atomic E-state index is 4.02. The lowest BCUT2D eigenvalue weighted by Crippen LogP contribution is -1.75. The Morgan fingerprint density at radius 3 is 2.50 bits per heavy atom. The lowest BCUT2D eigenvalue weighted by molar-refractivity contribution is 1.71. The van der Waals surface area contributed by atoms with Gasteiger partial charge in [0.25, 0.3) is 0 Å². The van der Waals surface area contributed by atoms with E-state index in [1.54, 1.807) is 0 Å². The van der Waals surface area contributed by atoms with Crippen molar-refractivity contribution in [1.82, 2.24) is 0 Å². The van der Waals surface area contributed by atoms with Gasteiger partial charge in [0.05, 0.1) is 0 Å². The molecule has 2 aromatic rings. The van der Waals surface area contributed by atoms with Crippen LogP contribution in [0.5, 0.6) is 0 Å². The molecule has 60 valence electrons. The fourth-order valence-electron chi connectivity index (χ4n) is 1.30. The van der Waals surface area contributed by atoms with Gasteiger partial charge in [0.2, 0.25) is 0 Å². The molecule has 0 N–H and O–H groups in total. The van der Waals surface area contributed by atoms with E-state index >= 15 is 0 Å². The zero-order chi connectivity index (χ0) is 8.39. The summed E-state index contributed by atoms with van der Waals surface area (Å²) in [5, 5.41) is 2.71. The van der Waals surface area contributed by atoms with Gasteiger partial charge in [-0.05, 0) is 16.8 Å². The van der Waals surface area contributed by atoms with Crippen molar-refractivity contribution >= 4 is 36.0 Å². The van der Waals surface area contributed by atoms with Crippen LogP contribution in [-0.4, -0.2) is 4.51 Å². The van der Waals surface area contributed by atoms with E-state index in [0.29, 0.717) is 0 Å². The lowest BCUT2D eigenvalue weighted by Gasteiger charge is -1.99. The summed E-state index contributed by atoms with van der Waals surface area (Å²) < 4.78 is 5.45. The minimum Gasteiger partial charge on any atom is -0.0930 e. The van der Waals surface area contributed by atoms with Crippen molar-refractivity contribution in [3.63, 3.8) is 0 Å². The second kappa shape index (κ2) is 3.35. The third-order valence-electron chi connectivity index (χ3n) is 1.88. The summed E-state index contributed by atoms with van der Waals surface area (Å²) in [5.74, 6) is 0. The highest BCUT2D eigenvalue weighted by Crippen LogP contribution is 2.21. The molecule has 12 heavy (non-hydrogen) atoms. The van der Waals surface area contributed by atoms with Gasteiger partial charge in [-0.15, -0.1) is 0 Å². The van der Waals surface area contributed by atoms with Gasteiger partial charge in [-0.25, -0.2) is 0 Å². The fourth-order valence-corrected chi connectivity index (χ4v) is 2.67. The highest BCUT2D eigenvalue weighted by atomic mass is 127. The molecule has 0 spiro atoms. The van der Waals surface area contributed by atoms with Crippen LogP contribution in [0.15, 0.2) is 42.5 Å². The fraction of sp³-hybridized carbons (Fsp3) is 0. The van der Waals surface area contributed by atoms with Crippen molar-refractivity contribution in [3.8, 4) is 0 Å². The molecule has 0 fully saturated rings. The molecular weight excluding hydrogens is 259 g/mol. The number of hydrogen-bond donors (Lipinski definition) is 0. The van der Waals surface area contributed by atoms with Crippen LogP contribution >= 0.6 is 20.7 Å². The molecule has 0 nitrogen and oxygen atoms in total. The Kier molecular flexibility index (Phi) is 2.21. The van der Waals surface area contributed by atoms with Crippen molar-refractivity contribution in [3.05, 3.63) is 46.0 Å². The zero-order valence-electron chi connectivity index (χ0n) is 6.63. The quantitative estimate of drug-likeness (QED) is 0.695. The molecule has 0 saturated carbocycles. The normalized spacial score (nSPS) is 10.3. The van der Waals surface area contributed by atoms with E-state index < -0.39 is 0 Å². The molecule has 0 aliphatic carbocycles. The van der Waals surface area contributed by atoms with E-state index in [9.17, 15) is 0 Å². The summed E-state index contributed by atoms with van der Waals surface area (Å²) in [7, 11) is 0. The summed E-state index contributed by atoms with van der Waals surface area (Å²) >= 11 is -0.0428. The zero-order valence-corrected chi connectivity index (χ0v) is 8.78. The van der Waals surface area contributed by atoms with Crippen LogP contribution in [0, 0.1) is 3.57 Å². The van der Waals surface area contributed by atoms with Crippen molar-refractivity contribution in [2.75, 3.05) is 0 Å². The predicted octanol–water partition coefficient (Wildman–Crippen LogP) is 3.41. The van der Waals surface area contributed by atoms with Gasteiger partial charge >= 0.3 is 0 Å². The van der Waals surface area contributed by atoms with Gasteiger partial charge in [0, 0.05) is 3.57 Å². The average Bonchev–Trinajstić information content (AvgIpc) is 2.17. The summed E-state index contributed by atoms with van der Waals surface area (Å²) in [6, 6.07) is 14.9. The van der Waals surface area contributed by atoms with Crippen LogP contribution in [0.4, 0.5) is 0 Å². The van der Waals surface area contributed by atoms with E-state index in [0.717, 1.165) is 0 Å². The maximum absolute atomic E-state index is 4.02. The number of hydrogen-bond acceptors (Lipinski definition) is 0. The largest absolute Gasteiger partial charge is 0.0930 e. The SMILES string of the molecule is C=Ic1cccc2ccccc12. The smallest absolute Gasteiger partial charge is 0.0150 e. The molecule has 2 rings (SSSR count). The van der Waals surface area contributed by atoms with E-state index in [4.69, 9.17) is 0 Å². The molecule has 0 heterocycles.